The maximum absolute atomic E-state index is 6.19. The van der Waals surface area contributed by atoms with E-state index in [1.165, 1.54) is 0 Å². The number of nitrogens with zero attached hydrogens (tertiary/aromatic N) is 2. The van der Waals surface area contributed by atoms with Crippen LogP contribution in [0.25, 0.3) is 11.4 Å². The number of hydrogen-bond acceptors (Lipinski definition) is 3. The van der Waals surface area contributed by atoms with Gasteiger partial charge in [0.2, 0.25) is 0 Å². The molecule has 0 fully saturated rings. The molecule has 1 aromatic carbocycles. The van der Waals surface area contributed by atoms with E-state index in [1.54, 1.807) is 0 Å². The van der Waals surface area contributed by atoms with Gasteiger partial charge in [-0.15, -0.1) is 0 Å². The van der Waals surface area contributed by atoms with Gasteiger partial charge >= 0.3 is 0 Å². The van der Waals surface area contributed by atoms with Gasteiger partial charge in [0.1, 0.15) is 5.82 Å². The van der Waals surface area contributed by atoms with Crippen molar-refractivity contribution < 1.29 is 0 Å². The van der Waals surface area contributed by atoms with Crippen LogP contribution in [-0.4, -0.2) is 16.5 Å². The Kier molecular flexibility index (Phi) is 4.96. The largest absolute Gasteiger partial charge is 0.370 e. The van der Waals surface area contributed by atoms with Crippen molar-refractivity contribution in [3.05, 3.63) is 40.5 Å². The zero-order valence-corrected chi connectivity index (χ0v) is 13.0. The molecule has 0 bridgehead atoms. The van der Waals surface area contributed by atoms with Gasteiger partial charge in [-0.05, 0) is 31.4 Å². The minimum Gasteiger partial charge on any atom is -0.370 e. The predicted octanol–water partition coefficient (Wildman–Crippen LogP) is 4.49. The Morgan fingerprint density at radius 2 is 1.95 bits per heavy atom. The minimum atomic E-state index is 0.727. The Bertz CT molecular complexity index is 596. The van der Waals surface area contributed by atoms with Gasteiger partial charge in [0.25, 0.3) is 0 Å². The topological polar surface area (TPSA) is 37.8 Å². The summed E-state index contributed by atoms with van der Waals surface area (Å²) in [4.78, 5) is 9.17. The number of halogens is 1. The van der Waals surface area contributed by atoms with Crippen LogP contribution in [0.3, 0.4) is 0 Å². The first-order valence-corrected chi connectivity index (χ1v) is 7.40. The van der Waals surface area contributed by atoms with Gasteiger partial charge in [-0.3, -0.25) is 0 Å². The average molecular weight is 290 g/mol. The summed E-state index contributed by atoms with van der Waals surface area (Å²) >= 11 is 6.19. The third-order valence-corrected chi connectivity index (χ3v) is 3.53. The molecule has 1 aromatic heterocycles. The summed E-state index contributed by atoms with van der Waals surface area (Å²) in [6.07, 6.45) is 1.95. The van der Waals surface area contributed by atoms with E-state index in [0.717, 1.165) is 52.9 Å². The van der Waals surface area contributed by atoms with Crippen LogP contribution in [0.15, 0.2) is 24.3 Å². The number of benzene rings is 1. The molecule has 0 unspecified atom stereocenters. The molecule has 0 spiro atoms. The fourth-order valence-electron chi connectivity index (χ4n) is 1.88. The van der Waals surface area contributed by atoms with Gasteiger partial charge in [0, 0.05) is 28.9 Å². The maximum Gasteiger partial charge on any atom is 0.161 e. The van der Waals surface area contributed by atoms with E-state index < -0.39 is 0 Å². The first-order valence-electron chi connectivity index (χ1n) is 7.02. The molecule has 2 aromatic rings. The summed E-state index contributed by atoms with van der Waals surface area (Å²) in [5, 5.41) is 4.07. The van der Waals surface area contributed by atoms with Gasteiger partial charge in [0.15, 0.2) is 5.82 Å². The number of hydrogen-bond donors (Lipinski definition) is 1. The van der Waals surface area contributed by atoms with Crippen LogP contribution < -0.4 is 5.32 Å². The summed E-state index contributed by atoms with van der Waals surface area (Å²) in [6.45, 7) is 7.13. The summed E-state index contributed by atoms with van der Waals surface area (Å²) < 4.78 is 0. The Balaban J connectivity index is 2.41. The van der Waals surface area contributed by atoms with Gasteiger partial charge in [-0.2, -0.15) is 0 Å². The molecule has 4 heteroatoms. The third-order valence-electron chi connectivity index (χ3n) is 3.13. The molecule has 0 atom stereocenters. The third kappa shape index (κ3) is 3.48. The van der Waals surface area contributed by atoms with Crippen molar-refractivity contribution in [2.45, 2.75) is 33.6 Å². The van der Waals surface area contributed by atoms with E-state index in [9.17, 15) is 0 Å². The lowest BCUT2D eigenvalue weighted by molar-refractivity contribution is 0.951. The zero-order chi connectivity index (χ0) is 14.5. The molecule has 0 radical (unpaired) electrons. The van der Waals surface area contributed by atoms with Crippen molar-refractivity contribution in [2.24, 2.45) is 0 Å². The van der Waals surface area contributed by atoms with Crippen LogP contribution >= 0.6 is 11.6 Å². The Hall–Kier alpha value is -1.61. The van der Waals surface area contributed by atoms with Crippen LogP contribution in [0.4, 0.5) is 5.82 Å². The molecular weight excluding hydrogens is 270 g/mol. The Morgan fingerprint density at radius 3 is 2.60 bits per heavy atom. The first kappa shape index (κ1) is 14.8. The first-order chi connectivity index (χ1) is 9.63. The van der Waals surface area contributed by atoms with Crippen molar-refractivity contribution in [1.29, 1.82) is 0 Å². The van der Waals surface area contributed by atoms with Crippen molar-refractivity contribution in [3.63, 3.8) is 0 Å². The normalized spacial score (nSPS) is 10.6. The molecule has 0 aliphatic rings. The second-order valence-corrected chi connectivity index (χ2v) is 5.22. The molecule has 2 rings (SSSR count). The summed E-state index contributed by atoms with van der Waals surface area (Å²) in [5.41, 5.74) is 3.05. The zero-order valence-electron chi connectivity index (χ0n) is 12.2. The summed E-state index contributed by atoms with van der Waals surface area (Å²) in [6, 6.07) is 7.95. The van der Waals surface area contributed by atoms with Gasteiger partial charge in [-0.25, -0.2) is 9.97 Å². The maximum atomic E-state index is 6.19. The molecule has 20 heavy (non-hydrogen) atoms. The van der Waals surface area contributed by atoms with Gasteiger partial charge in [0.05, 0.1) is 0 Å². The minimum absolute atomic E-state index is 0.727. The molecule has 0 saturated carbocycles. The van der Waals surface area contributed by atoms with Crippen LogP contribution in [-0.2, 0) is 6.42 Å². The molecule has 0 aliphatic heterocycles. The second-order valence-electron chi connectivity index (χ2n) is 4.81. The van der Waals surface area contributed by atoms with E-state index in [0.29, 0.717) is 0 Å². The highest BCUT2D eigenvalue weighted by molar-refractivity contribution is 6.31. The number of aryl methyl sites for hydroxylation is 2. The number of aromatic nitrogens is 2. The standard InChI is InChI=1S/C16H20ClN3/c1-4-8-18-15-10-13(5-2)19-16(20-15)12-7-6-11(3)14(17)9-12/h6-7,9-10H,4-5,8H2,1-3H3,(H,18,19,20). The highest BCUT2D eigenvalue weighted by Crippen LogP contribution is 2.24. The van der Waals surface area contributed by atoms with Crippen molar-refractivity contribution in [3.8, 4) is 11.4 Å². The lowest BCUT2D eigenvalue weighted by Crippen LogP contribution is -2.05. The average Bonchev–Trinajstić information content (AvgIpc) is 2.47. The molecule has 0 amide bonds. The van der Waals surface area contributed by atoms with Gasteiger partial charge < -0.3 is 5.32 Å². The molecule has 0 saturated heterocycles. The van der Waals surface area contributed by atoms with E-state index in [4.69, 9.17) is 11.6 Å². The SMILES string of the molecule is CCCNc1cc(CC)nc(-c2ccc(C)c(Cl)c2)n1. The molecule has 3 nitrogen and oxygen atoms in total. The highest BCUT2D eigenvalue weighted by Gasteiger charge is 2.07. The Labute approximate surface area is 125 Å². The van der Waals surface area contributed by atoms with Crippen LogP contribution in [0.2, 0.25) is 5.02 Å². The predicted molar refractivity (Wildman–Crippen MR) is 85.4 cm³/mol. The van der Waals surface area contributed by atoms with Crippen molar-refractivity contribution in [1.82, 2.24) is 9.97 Å². The fourth-order valence-corrected chi connectivity index (χ4v) is 2.06. The van der Waals surface area contributed by atoms with E-state index >= 15 is 0 Å². The molecule has 1 heterocycles. The molecule has 106 valence electrons. The highest BCUT2D eigenvalue weighted by atomic mass is 35.5. The summed E-state index contributed by atoms with van der Waals surface area (Å²) in [7, 11) is 0. The van der Waals surface area contributed by atoms with Crippen LogP contribution in [0.1, 0.15) is 31.5 Å². The quantitative estimate of drug-likeness (QED) is 0.881. The van der Waals surface area contributed by atoms with Crippen LogP contribution in [0, 0.1) is 6.92 Å². The van der Waals surface area contributed by atoms with Crippen molar-refractivity contribution >= 4 is 17.4 Å². The second kappa shape index (κ2) is 6.71. The lowest BCUT2D eigenvalue weighted by atomic mass is 10.1. The molecular formula is C16H20ClN3. The van der Waals surface area contributed by atoms with E-state index in [1.807, 2.05) is 31.2 Å². The van der Waals surface area contributed by atoms with E-state index in [-0.39, 0.29) is 0 Å². The number of rotatable bonds is 5. The monoisotopic (exact) mass is 289 g/mol. The van der Waals surface area contributed by atoms with Gasteiger partial charge in [-0.1, -0.05) is 37.6 Å². The number of anilines is 1. The van der Waals surface area contributed by atoms with Crippen molar-refractivity contribution in [2.75, 3.05) is 11.9 Å². The lowest BCUT2D eigenvalue weighted by Gasteiger charge is -2.09. The fraction of sp³-hybridized carbons (Fsp3) is 0.375. The van der Waals surface area contributed by atoms with Crippen LogP contribution in [0.5, 0.6) is 0 Å². The number of nitrogens with one attached hydrogen (secondary N) is 1. The summed E-state index contributed by atoms with van der Waals surface area (Å²) in [5.74, 6) is 1.61. The Morgan fingerprint density at radius 1 is 1.15 bits per heavy atom. The van der Waals surface area contributed by atoms with E-state index in [2.05, 4.69) is 29.1 Å². The molecule has 1 N–H and O–H groups in total. The smallest absolute Gasteiger partial charge is 0.161 e. The molecule has 0 aliphatic carbocycles.